The number of benzene rings is 1. The number of rotatable bonds is 9. The maximum atomic E-state index is 6.15. The van der Waals surface area contributed by atoms with Gasteiger partial charge in [-0.25, -0.2) is 0 Å². The third kappa shape index (κ3) is 6.39. The van der Waals surface area contributed by atoms with E-state index in [9.17, 15) is 0 Å². The van der Waals surface area contributed by atoms with Crippen molar-refractivity contribution in [2.24, 2.45) is 0 Å². The predicted octanol–water partition coefficient (Wildman–Crippen LogP) is 5.01. The van der Waals surface area contributed by atoms with Gasteiger partial charge in [0.25, 0.3) is 0 Å². The maximum absolute atomic E-state index is 6.15. The van der Waals surface area contributed by atoms with Gasteiger partial charge < -0.3 is 4.74 Å². The summed E-state index contributed by atoms with van der Waals surface area (Å²) in [4.78, 5) is 3.09. The van der Waals surface area contributed by atoms with Crippen LogP contribution in [0, 0.1) is 0 Å². The number of halogens is 1. The highest BCUT2D eigenvalue weighted by atomic mass is 79.9. The summed E-state index contributed by atoms with van der Waals surface area (Å²) in [6, 6.07) is 10.8. The summed E-state index contributed by atoms with van der Waals surface area (Å²) >= 11 is 3.78. The Morgan fingerprint density at radius 2 is 1.91 bits per heavy atom. The molecule has 1 fully saturated rings. The molecule has 0 N–H and O–H groups in total. The molecule has 1 aliphatic carbocycles. The Morgan fingerprint density at radius 1 is 1.14 bits per heavy atom. The van der Waals surface area contributed by atoms with Gasteiger partial charge in [-0.2, -0.15) is 0 Å². The molecule has 124 valence electrons. The Bertz CT molecular complexity index is 398. The van der Waals surface area contributed by atoms with E-state index in [1.807, 2.05) is 0 Å². The SMILES string of the molecule is CCCCN(CCOC1CCCCC1Br)Cc1ccccc1. The average molecular weight is 368 g/mol. The molecule has 2 rings (SSSR count). The average Bonchev–Trinajstić information content (AvgIpc) is 2.55. The highest BCUT2D eigenvalue weighted by Crippen LogP contribution is 2.26. The molecule has 0 aliphatic heterocycles. The summed E-state index contributed by atoms with van der Waals surface area (Å²) in [5, 5.41) is 0. The molecule has 0 bridgehead atoms. The lowest BCUT2D eigenvalue weighted by Gasteiger charge is -2.29. The second-order valence-electron chi connectivity index (χ2n) is 6.32. The van der Waals surface area contributed by atoms with Crippen LogP contribution in [0.2, 0.25) is 0 Å². The molecule has 1 aliphatic rings. The molecule has 0 heterocycles. The highest BCUT2D eigenvalue weighted by Gasteiger charge is 2.23. The quantitative estimate of drug-likeness (QED) is 0.568. The first-order valence-corrected chi connectivity index (χ1v) is 9.73. The minimum Gasteiger partial charge on any atom is -0.376 e. The Balaban J connectivity index is 1.76. The first-order valence-electron chi connectivity index (χ1n) is 8.81. The van der Waals surface area contributed by atoms with Gasteiger partial charge in [0.15, 0.2) is 0 Å². The molecule has 0 amide bonds. The molecule has 1 aromatic carbocycles. The normalized spacial score (nSPS) is 22.1. The number of alkyl halides is 1. The summed E-state index contributed by atoms with van der Waals surface area (Å²) < 4.78 is 6.15. The van der Waals surface area contributed by atoms with Gasteiger partial charge in [-0.1, -0.05) is 72.4 Å². The fourth-order valence-electron chi connectivity index (χ4n) is 3.07. The van der Waals surface area contributed by atoms with Crippen molar-refractivity contribution in [2.45, 2.75) is 62.9 Å². The maximum Gasteiger partial charge on any atom is 0.0700 e. The van der Waals surface area contributed by atoms with Crippen LogP contribution in [-0.4, -0.2) is 35.5 Å². The monoisotopic (exact) mass is 367 g/mol. The van der Waals surface area contributed by atoms with Crippen molar-refractivity contribution < 1.29 is 4.74 Å². The van der Waals surface area contributed by atoms with Gasteiger partial charge in [0.2, 0.25) is 0 Å². The van der Waals surface area contributed by atoms with Gasteiger partial charge in [-0.05, 0) is 31.4 Å². The summed E-state index contributed by atoms with van der Waals surface area (Å²) in [5.74, 6) is 0. The third-order valence-corrected chi connectivity index (χ3v) is 5.49. The zero-order valence-corrected chi connectivity index (χ0v) is 15.4. The zero-order chi connectivity index (χ0) is 15.6. The summed E-state index contributed by atoms with van der Waals surface area (Å²) in [7, 11) is 0. The van der Waals surface area contributed by atoms with E-state index in [0.717, 1.165) is 26.2 Å². The first-order chi connectivity index (χ1) is 10.8. The Hall–Kier alpha value is -0.380. The van der Waals surface area contributed by atoms with E-state index in [4.69, 9.17) is 4.74 Å². The number of nitrogens with zero attached hydrogens (tertiary/aromatic N) is 1. The Morgan fingerprint density at radius 3 is 2.64 bits per heavy atom. The fraction of sp³-hybridized carbons (Fsp3) is 0.684. The van der Waals surface area contributed by atoms with Crippen molar-refractivity contribution in [3.63, 3.8) is 0 Å². The van der Waals surface area contributed by atoms with Crippen molar-refractivity contribution >= 4 is 15.9 Å². The molecule has 22 heavy (non-hydrogen) atoms. The van der Waals surface area contributed by atoms with Crippen molar-refractivity contribution in [1.82, 2.24) is 4.90 Å². The molecule has 2 atom stereocenters. The number of ether oxygens (including phenoxy) is 1. The van der Waals surface area contributed by atoms with Crippen LogP contribution in [0.4, 0.5) is 0 Å². The molecule has 1 saturated carbocycles. The molecule has 3 heteroatoms. The van der Waals surface area contributed by atoms with Crippen LogP contribution in [0.5, 0.6) is 0 Å². The van der Waals surface area contributed by atoms with Crippen molar-refractivity contribution in [1.29, 1.82) is 0 Å². The minimum absolute atomic E-state index is 0.415. The van der Waals surface area contributed by atoms with Gasteiger partial charge in [-0.15, -0.1) is 0 Å². The number of unbranched alkanes of at least 4 members (excludes halogenated alkanes) is 1. The second-order valence-corrected chi connectivity index (χ2v) is 7.50. The van der Waals surface area contributed by atoms with Gasteiger partial charge >= 0.3 is 0 Å². The molecule has 0 spiro atoms. The molecule has 0 saturated heterocycles. The number of hydrogen-bond acceptors (Lipinski definition) is 2. The van der Waals surface area contributed by atoms with Crippen LogP contribution >= 0.6 is 15.9 Å². The van der Waals surface area contributed by atoms with E-state index in [0.29, 0.717) is 10.9 Å². The minimum atomic E-state index is 0.415. The number of hydrogen-bond donors (Lipinski definition) is 0. The molecular weight excluding hydrogens is 338 g/mol. The lowest BCUT2D eigenvalue weighted by molar-refractivity contribution is 0.0202. The molecule has 0 radical (unpaired) electrons. The summed E-state index contributed by atoms with van der Waals surface area (Å²) in [5.41, 5.74) is 1.40. The molecular formula is C19H30BrNO. The van der Waals surface area contributed by atoms with Crippen molar-refractivity contribution in [2.75, 3.05) is 19.7 Å². The standard InChI is InChI=1S/C19H30BrNO/c1-2-3-13-21(16-17-9-5-4-6-10-17)14-15-22-19-12-8-7-11-18(19)20/h4-6,9-10,18-19H,2-3,7-8,11-16H2,1H3. The van der Waals surface area contributed by atoms with Gasteiger partial charge in [-0.3, -0.25) is 4.90 Å². The third-order valence-electron chi connectivity index (χ3n) is 4.44. The first kappa shape index (κ1) is 18.0. The van der Waals surface area contributed by atoms with Gasteiger partial charge in [0.05, 0.1) is 12.7 Å². The topological polar surface area (TPSA) is 12.5 Å². The smallest absolute Gasteiger partial charge is 0.0700 e. The lowest BCUT2D eigenvalue weighted by atomic mass is 9.98. The van der Waals surface area contributed by atoms with E-state index < -0.39 is 0 Å². The summed E-state index contributed by atoms with van der Waals surface area (Å²) in [6.45, 7) is 6.34. The second kappa shape index (κ2) is 10.4. The van der Waals surface area contributed by atoms with Crippen LogP contribution in [0.25, 0.3) is 0 Å². The van der Waals surface area contributed by atoms with E-state index in [1.54, 1.807) is 0 Å². The van der Waals surface area contributed by atoms with E-state index in [-0.39, 0.29) is 0 Å². The zero-order valence-electron chi connectivity index (χ0n) is 13.8. The van der Waals surface area contributed by atoms with E-state index in [1.165, 1.54) is 44.1 Å². The van der Waals surface area contributed by atoms with Crippen LogP contribution < -0.4 is 0 Å². The molecule has 2 nitrogen and oxygen atoms in total. The van der Waals surface area contributed by atoms with Crippen LogP contribution in [0.1, 0.15) is 51.0 Å². The van der Waals surface area contributed by atoms with Crippen molar-refractivity contribution in [3.8, 4) is 0 Å². The van der Waals surface area contributed by atoms with Crippen LogP contribution in [-0.2, 0) is 11.3 Å². The van der Waals surface area contributed by atoms with Gasteiger partial charge in [0.1, 0.15) is 0 Å². The van der Waals surface area contributed by atoms with Crippen LogP contribution in [0.15, 0.2) is 30.3 Å². The predicted molar refractivity (Wildman–Crippen MR) is 97.6 cm³/mol. The Kier molecular flexibility index (Phi) is 8.50. The van der Waals surface area contributed by atoms with Gasteiger partial charge in [0, 0.05) is 17.9 Å². The fourth-order valence-corrected chi connectivity index (χ4v) is 3.81. The lowest BCUT2D eigenvalue weighted by Crippen LogP contribution is -2.33. The molecule has 1 aromatic rings. The van der Waals surface area contributed by atoms with E-state index in [2.05, 4.69) is 58.1 Å². The van der Waals surface area contributed by atoms with E-state index >= 15 is 0 Å². The summed E-state index contributed by atoms with van der Waals surface area (Å²) in [6.07, 6.45) is 8.05. The highest BCUT2D eigenvalue weighted by molar-refractivity contribution is 9.09. The Labute approximate surface area is 144 Å². The van der Waals surface area contributed by atoms with Crippen molar-refractivity contribution in [3.05, 3.63) is 35.9 Å². The van der Waals surface area contributed by atoms with Crippen LogP contribution in [0.3, 0.4) is 0 Å². The molecule has 0 aromatic heterocycles. The largest absolute Gasteiger partial charge is 0.376 e. The molecule has 2 unspecified atom stereocenters.